The van der Waals surface area contributed by atoms with Crippen molar-refractivity contribution in [1.29, 1.82) is 0 Å². The van der Waals surface area contributed by atoms with Crippen LogP contribution < -0.4 is 5.32 Å². The van der Waals surface area contributed by atoms with Crippen LogP contribution in [0.4, 0.5) is 4.39 Å². The summed E-state index contributed by atoms with van der Waals surface area (Å²) in [6, 6.07) is 14.0. The lowest BCUT2D eigenvalue weighted by atomic mass is 10.1. The van der Waals surface area contributed by atoms with E-state index < -0.39 is 29.7 Å². The van der Waals surface area contributed by atoms with Crippen molar-refractivity contribution in [3.63, 3.8) is 0 Å². The number of aliphatic hydroxyl groups excluding tert-OH is 1. The fourth-order valence-corrected chi connectivity index (χ4v) is 4.48. The molecule has 2 aromatic rings. The third-order valence-electron chi connectivity index (χ3n) is 4.63. The topological polar surface area (TPSA) is 69.6 Å². The molecular formula is C22H21FN2O3S2. The van der Waals surface area contributed by atoms with E-state index in [0.29, 0.717) is 16.9 Å². The summed E-state index contributed by atoms with van der Waals surface area (Å²) >= 11 is 6.38. The highest BCUT2D eigenvalue weighted by Crippen LogP contribution is 2.34. The molecule has 1 aliphatic heterocycles. The number of halogens is 1. The van der Waals surface area contributed by atoms with Crippen LogP contribution in [0.3, 0.4) is 0 Å². The lowest BCUT2D eigenvalue weighted by molar-refractivity contribution is -0.132. The average Bonchev–Trinajstić information content (AvgIpc) is 3.00. The van der Waals surface area contributed by atoms with Crippen molar-refractivity contribution in [3.05, 3.63) is 76.4 Å². The molecule has 0 unspecified atom stereocenters. The van der Waals surface area contributed by atoms with E-state index in [1.807, 2.05) is 30.3 Å². The van der Waals surface area contributed by atoms with Crippen molar-refractivity contribution in [2.24, 2.45) is 0 Å². The number of rotatable bonds is 7. The molecule has 1 fully saturated rings. The Hall–Kier alpha value is -2.55. The number of carbonyl (C=O) groups excluding carboxylic acids is 2. The molecule has 0 bridgehead atoms. The SMILES string of the molecule is C[C@H](C(=O)N[C@H](CO)Cc1ccccc1)N1C(=O)/C(=C/c2cccc(F)c2)SC1=S. The Labute approximate surface area is 184 Å². The Morgan fingerprint density at radius 1 is 1.27 bits per heavy atom. The molecule has 2 atom stereocenters. The number of thioether (sulfide) groups is 1. The fraction of sp³-hybridized carbons (Fsp3) is 0.227. The summed E-state index contributed by atoms with van der Waals surface area (Å²) < 4.78 is 13.7. The first-order valence-electron chi connectivity index (χ1n) is 9.37. The van der Waals surface area contributed by atoms with Crippen molar-refractivity contribution in [1.82, 2.24) is 10.2 Å². The van der Waals surface area contributed by atoms with Gasteiger partial charge in [0.15, 0.2) is 0 Å². The van der Waals surface area contributed by atoms with Crippen molar-refractivity contribution in [2.45, 2.75) is 25.4 Å². The second-order valence-electron chi connectivity index (χ2n) is 6.86. The Kier molecular flexibility index (Phi) is 7.36. The Bertz CT molecular complexity index is 981. The molecule has 3 rings (SSSR count). The minimum Gasteiger partial charge on any atom is -0.394 e. The van der Waals surface area contributed by atoms with E-state index in [4.69, 9.17) is 12.2 Å². The van der Waals surface area contributed by atoms with Crippen LogP contribution in [-0.2, 0) is 16.0 Å². The van der Waals surface area contributed by atoms with Gasteiger partial charge in [0, 0.05) is 0 Å². The van der Waals surface area contributed by atoms with Crippen LogP contribution in [0.25, 0.3) is 6.08 Å². The van der Waals surface area contributed by atoms with Gasteiger partial charge in [0.05, 0.1) is 17.6 Å². The minimum atomic E-state index is -0.847. The zero-order valence-electron chi connectivity index (χ0n) is 16.2. The number of nitrogens with zero attached hydrogens (tertiary/aromatic N) is 1. The molecule has 1 saturated heterocycles. The van der Waals surface area contributed by atoms with E-state index in [1.54, 1.807) is 25.1 Å². The van der Waals surface area contributed by atoms with Crippen LogP contribution in [0.1, 0.15) is 18.1 Å². The van der Waals surface area contributed by atoms with E-state index in [1.165, 1.54) is 17.0 Å². The summed E-state index contributed by atoms with van der Waals surface area (Å²) in [5.74, 6) is -1.21. The molecule has 30 heavy (non-hydrogen) atoms. The Balaban J connectivity index is 1.69. The summed E-state index contributed by atoms with van der Waals surface area (Å²) in [7, 11) is 0. The number of hydrogen-bond donors (Lipinski definition) is 2. The van der Waals surface area contributed by atoms with Gasteiger partial charge in [-0.05, 0) is 42.7 Å². The summed E-state index contributed by atoms with van der Waals surface area (Å²) in [5, 5.41) is 12.4. The predicted octanol–water partition coefficient (Wildman–Crippen LogP) is 3.14. The number of nitrogens with one attached hydrogen (secondary N) is 1. The second-order valence-corrected chi connectivity index (χ2v) is 8.54. The van der Waals surface area contributed by atoms with Gasteiger partial charge in [-0.1, -0.05) is 66.4 Å². The van der Waals surface area contributed by atoms with Crippen LogP contribution in [0.5, 0.6) is 0 Å². The number of amides is 2. The van der Waals surface area contributed by atoms with Crippen molar-refractivity contribution in [2.75, 3.05) is 6.61 Å². The lowest BCUT2D eigenvalue weighted by Crippen LogP contribution is -2.51. The second kappa shape index (κ2) is 9.97. The summed E-state index contributed by atoms with van der Waals surface area (Å²) in [6.07, 6.45) is 2.02. The van der Waals surface area contributed by atoms with Crippen LogP contribution in [-0.4, -0.2) is 44.8 Å². The fourth-order valence-electron chi connectivity index (χ4n) is 3.06. The van der Waals surface area contributed by atoms with E-state index in [2.05, 4.69) is 5.32 Å². The zero-order chi connectivity index (χ0) is 21.7. The number of carbonyl (C=O) groups is 2. The van der Waals surface area contributed by atoms with Gasteiger partial charge in [-0.15, -0.1) is 0 Å². The molecule has 0 spiro atoms. The third-order valence-corrected chi connectivity index (χ3v) is 5.96. The molecule has 0 aromatic heterocycles. The molecule has 1 heterocycles. The van der Waals surface area contributed by atoms with Gasteiger partial charge in [-0.3, -0.25) is 14.5 Å². The molecule has 2 amide bonds. The van der Waals surface area contributed by atoms with E-state index >= 15 is 0 Å². The first-order chi connectivity index (χ1) is 14.4. The first-order valence-corrected chi connectivity index (χ1v) is 10.6. The van der Waals surface area contributed by atoms with Gasteiger partial charge in [-0.25, -0.2) is 4.39 Å². The third kappa shape index (κ3) is 5.33. The summed E-state index contributed by atoms with van der Waals surface area (Å²) in [6.45, 7) is 1.35. The molecule has 0 aliphatic carbocycles. The van der Waals surface area contributed by atoms with Gasteiger partial charge in [0.1, 0.15) is 16.2 Å². The largest absolute Gasteiger partial charge is 0.394 e. The maximum Gasteiger partial charge on any atom is 0.266 e. The minimum absolute atomic E-state index is 0.231. The maximum atomic E-state index is 13.4. The molecule has 156 valence electrons. The maximum absolute atomic E-state index is 13.4. The molecule has 0 radical (unpaired) electrons. The van der Waals surface area contributed by atoms with Gasteiger partial charge in [-0.2, -0.15) is 0 Å². The van der Waals surface area contributed by atoms with E-state index in [-0.39, 0.29) is 10.9 Å². The van der Waals surface area contributed by atoms with Crippen molar-refractivity contribution in [3.8, 4) is 0 Å². The molecular weight excluding hydrogens is 423 g/mol. The molecule has 1 aliphatic rings. The van der Waals surface area contributed by atoms with Crippen LogP contribution in [0.15, 0.2) is 59.5 Å². The Morgan fingerprint density at radius 3 is 2.67 bits per heavy atom. The van der Waals surface area contributed by atoms with Gasteiger partial charge >= 0.3 is 0 Å². The number of aliphatic hydroxyl groups is 1. The van der Waals surface area contributed by atoms with E-state index in [9.17, 15) is 19.1 Å². The highest BCUT2D eigenvalue weighted by atomic mass is 32.2. The van der Waals surface area contributed by atoms with Crippen molar-refractivity contribution >= 4 is 46.2 Å². The molecule has 5 nitrogen and oxygen atoms in total. The predicted molar refractivity (Wildman–Crippen MR) is 120 cm³/mol. The molecule has 2 N–H and O–H groups in total. The monoisotopic (exact) mass is 444 g/mol. The van der Waals surface area contributed by atoms with Gasteiger partial charge < -0.3 is 10.4 Å². The van der Waals surface area contributed by atoms with Crippen molar-refractivity contribution < 1.29 is 19.1 Å². The van der Waals surface area contributed by atoms with Crippen LogP contribution >= 0.6 is 24.0 Å². The summed E-state index contributed by atoms with van der Waals surface area (Å²) in [5.41, 5.74) is 1.52. The highest BCUT2D eigenvalue weighted by molar-refractivity contribution is 8.26. The Morgan fingerprint density at radius 2 is 2.00 bits per heavy atom. The first kappa shape index (κ1) is 22.1. The molecule has 8 heteroatoms. The quantitative estimate of drug-likeness (QED) is 0.507. The summed E-state index contributed by atoms with van der Waals surface area (Å²) in [4.78, 5) is 27.1. The van der Waals surface area contributed by atoms with Gasteiger partial charge in [0.2, 0.25) is 5.91 Å². The standard InChI is InChI=1S/C22H21FN2O3S2/c1-14(20(27)24-18(13-26)11-15-6-3-2-4-7-15)25-21(28)19(30-22(25)29)12-16-8-5-9-17(23)10-16/h2-10,12,14,18,26H,11,13H2,1H3,(H,24,27)/b19-12-/t14-,18+/m1/s1. The van der Waals surface area contributed by atoms with Gasteiger partial charge in [0.25, 0.3) is 5.91 Å². The molecule has 2 aromatic carbocycles. The zero-order valence-corrected chi connectivity index (χ0v) is 17.9. The normalized spacial score (nSPS) is 17.3. The number of hydrogen-bond acceptors (Lipinski definition) is 5. The number of benzene rings is 2. The average molecular weight is 445 g/mol. The van der Waals surface area contributed by atoms with E-state index in [0.717, 1.165) is 17.3 Å². The molecule has 0 saturated carbocycles. The lowest BCUT2D eigenvalue weighted by Gasteiger charge is -2.25. The smallest absolute Gasteiger partial charge is 0.266 e. The highest BCUT2D eigenvalue weighted by Gasteiger charge is 2.38. The number of thiocarbonyl (C=S) groups is 1. The van der Waals surface area contributed by atoms with Crippen LogP contribution in [0.2, 0.25) is 0 Å². The van der Waals surface area contributed by atoms with Crippen LogP contribution in [0, 0.1) is 5.82 Å².